The number of aryl methyl sites for hydroxylation is 1. The number of nitrogens with one attached hydrogen (secondary N) is 1. The van der Waals surface area contributed by atoms with Gasteiger partial charge in [-0.15, -0.1) is 0 Å². The zero-order chi connectivity index (χ0) is 39.3. The number of hydrogen-bond acceptors (Lipinski definition) is 9. The lowest BCUT2D eigenvalue weighted by Gasteiger charge is -2.49. The molecule has 11 heteroatoms. The molecule has 6 atom stereocenters. The van der Waals surface area contributed by atoms with Gasteiger partial charge in [0.2, 0.25) is 17.6 Å². The highest BCUT2D eigenvalue weighted by atomic mass is 16.5. The molecule has 6 unspecified atom stereocenters. The van der Waals surface area contributed by atoms with Gasteiger partial charge in [0.25, 0.3) is 11.8 Å². The standard InChI is InChI=1S/C45H43N3O8/c1-26-9-14-30(15-10-26)46-48-42(52)36-25-34-32(18-19-33-39(34)43(53)47(41(33)51)22-21-27-11-16-31(49)17-12-27)35(45(36,44(48)54)29-7-5-4-6-8-29)20-13-28-23-37(55-2)40(50)38(24-28)56-3/h4-18,20,23-24,33-36,39,46,49-50H,19,21-22,25H2,1-3H3. The monoisotopic (exact) mass is 753 g/mol. The number of likely N-dealkylation sites (tertiary alicyclic amines) is 1. The van der Waals surface area contributed by atoms with E-state index in [4.69, 9.17) is 9.47 Å². The van der Waals surface area contributed by atoms with Crippen LogP contribution in [0.2, 0.25) is 0 Å². The van der Waals surface area contributed by atoms with E-state index in [-0.39, 0.29) is 47.8 Å². The minimum absolute atomic E-state index is 0.135. The van der Waals surface area contributed by atoms with Crippen molar-refractivity contribution >= 4 is 35.4 Å². The second-order valence-electron chi connectivity index (χ2n) is 15.0. The average molecular weight is 754 g/mol. The number of hydrogen-bond donors (Lipinski definition) is 3. The number of amides is 4. The molecule has 4 amide bonds. The first-order valence-corrected chi connectivity index (χ1v) is 18.8. The maximum absolute atomic E-state index is 15.3. The second kappa shape index (κ2) is 14.4. The highest BCUT2D eigenvalue weighted by molar-refractivity contribution is 6.13. The Morgan fingerprint density at radius 2 is 1.52 bits per heavy atom. The van der Waals surface area contributed by atoms with Crippen LogP contribution in [0.3, 0.4) is 0 Å². The molecule has 1 saturated carbocycles. The van der Waals surface area contributed by atoms with Crippen molar-refractivity contribution in [1.82, 2.24) is 9.91 Å². The maximum atomic E-state index is 15.3. The minimum Gasteiger partial charge on any atom is -0.508 e. The number of phenols is 2. The normalized spacial score (nSPS) is 25.6. The van der Waals surface area contributed by atoms with Crippen LogP contribution in [0.5, 0.6) is 23.0 Å². The Balaban J connectivity index is 1.24. The third-order valence-corrected chi connectivity index (χ3v) is 12.1. The number of carbonyl (C=O) groups excluding carboxylic acids is 4. The van der Waals surface area contributed by atoms with Crippen LogP contribution in [-0.2, 0) is 31.0 Å². The smallest absolute Gasteiger partial charge is 0.260 e. The zero-order valence-corrected chi connectivity index (χ0v) is 31.3. The fraction of sp³-hybridized carbons (Fsp3) is 0.289. The molecule has 0 aromatic heterocycles. The Morgan fingerprint density at radius 1 is 0.839 bits per heavy atom. The molecule has 0 bridgehead atoms. The number of benzene rings is 4. The van der Waals surface area contributed by atoms with E-state index in [2.05, 4.69) is 5.43 Å². The first kappa shape index (κ1) is 36.6. The van der Waals surface area contributed by atoms with Crippen molar-refractivity contribution in [3.8, 4) is 23.0 Å². The van der Waals surface area contributed by atoms with E-state index in [0.29, 0.717) is 29.7 Å². The van der Waals surface area contributed by atoms with Crippen molar-refractivity contribution in [3.63, 3.8) is 0 Å². The van der Waals surface area contributed by atoms with Crippen molar-refractivity contribution in [2.24, 2.45) is 29.6 Å². The summed E-state index contributed by atoms with van der Waals surface area (Å²) in [5, 5.41) is 21.5. The molecule has 2 aliphatic carbocycles. The van der Waals surface area contributed by atoms with E-state index in [9.17, 15) is 24.6 Å². The summed E-state index contributed by atoms with van der Waals surface area (Å²) in [5.41, 5.74) is 6.31. The Kier molecular flexibility index (Phi) is 9.40. The van der Waals surface area contributed by atoms with Gasteiger partial charge in [-0.1, -0.05) is 84.0 Å². The maximum Gasteiger partial charge on any atom is 0.260 e. The molecule has 4 aromatic rings. The Bertz CT molecular complexity index is 2240. The molecule has 0 spiro atoms. The van der Waals surface area contributed by atoms with Crippen LogP contribution in [0.25, 0.3) is 6.08 Å². The van der Waals surface area contributed by atoms with E-state index in [0.717, 1.165) is 21.7 Å². The molecule has 56 heavy (non-hydrogen) atoms. The summed E-state index contributed by atoms with van der Waals surface area (Å²) in [6.45, 7) is 2.14. The number of ether oxygens (including phenoxy) is 2. The van der Waals surface area contributed by atoms with Gasteiger partial charge in [-0.2, -0.15) is 5.01 Å². The molecule has 2 saturated heterocycles. The first-order chi connectivity index (χ1) is 27.1. The van der Waals surface area contributed by atoms with Crippen LogP contribution in [0.4, 0.5) is 5.69 Å². The number of allylic oxidation sites excluding steroid dienone is 3. The number of nitrogens with zero attached hydrogens (tertiary/aromatic N) is 2. The highest BCUT2D eigenvalue weighted by Gasteiger charge is 2.69. The number of fused-ring (bicyclic) bond motifs is 4. The quantitative estimate of drug-likeness (QED) is 0.127. The molecule has 2 heterocycles. The van der Waals surface area contributed by atoms with Gasteiger partial charge < -0.3 is 19.7 Å². The molecule has 11 nitrogen and oxygen atoms in total. The topological polar surface area (TPSA) is 146 Å². The summed E-state index contributed by atoms with van der Waals surface area (Å²) in [6, 6.07) is 26.8. The summed E-state index contributed by atoms with van der Waals surface area (Å²) < 4.78 is 10.9. The number of rotatable bonds is 10. The summed E-state index contributed by atoms with van der Waals surface area (Å²) in [5.74, 6) is -4.35. The lowest BCUT2D eigenvalue weighted by Crippen LogP contribution is -2.54. The fourth-order valence-electron chi connectivity index (χ4n) is 9.40. The summed E-state index contributed by atoms with van der Waals surface area (Å²) in [4.78, 5) is 59.9. The number of hydrazine groups is 1. The third kappa shape index (κ3) is 5.89. The predicted molar refractivity (Wildman–Crippen MR) is 208 cm³/mol. The lowest BCUT2D eigenvalue weighted by atomic mass is 9.50. The molecule has 2 aliphatic heterocycles. The van der Waals surface area contributed by atoms with Crippen molar-refractivity contribution < 1.29 is 38.9 Å². The molecule has 3 fully saturated rings. The first-order valence-electron chi connectivity index (χ1n) is 18.8. The van der Waals surface area contributed by atoms with Crippen molar-refractivity contribution in [3.05, 3.63) is 131 Å². The average Bonchev–Trinajstić information content (AvgIpc) is 3.58. The lowest BCUT2D eigenvalue weighted by molar-refractivity contribution is -0.141. The molecule has 286 valence electrons. The summed E-state index contributed by atoms with van der Waals surface area (Å²) in [6.07, 6.45) is 6.68. The molecule has 4 aliphatic rings. The predicted octanol–water partition coefficient (Wildman–Crippen LogP) is 6.20. The summed E-state index contributed by atoms with van der Waals surface area (Å²) in [7, 11) is 2.89. The molecule has 4 aromatic carbocycles. The highest BCUT2D eigenvalue weighted by Crippen LogP contribution is 2.61. The van der Waals surface area contributed by atoms with Crippen molar-refractivity contribution in [2.75, 3.05) is 26.2 Å². The third-order valence-electron chi connectivity index (χ3n) is 12.1. The number of phenolic OH excluding ortho intramolecular Hbond substituents is 2. The molecular weight excluding hydrogens is 711 g/mol. The van der Waals surface area contributed by atoms with Gasteiger partial charge in [0.1, 0.15) is 5.75 Å². The van der Waals surface area contributed by atoms with Gasteiger partial charge in [-0.25, -0.2) is 0 Å². The van der Waals surface area contributed by atoms with Crippen LogP contribution >= 0.6 is 0 Å². The number of carbonyl (C=O) groups is 4. The number of aromatic hydroxyl groups is 2. The SMILES string of the molecule is COc1cc(C=CC2C3=CCC4C(=O)N(CCc5ccc(O)cc5)C(=O)C4C3CC3C(=O)N(Nc4ccc(C)cc4)C(=O)C23c2ccccc2)cc(OC)c1O. The van der Waals surface area contributed by atoms with E-state index < -0.39 is 46.8 Å². The fourth-order valence-corrected chi connectivity index (χ4v) is 9.40. The van der Waals surface area contributed by atoms with E-state index >= 15 is 4.79 Å². The van der Waals surface area contributed by atoms with Gasteiger partial charge in [-0.3, -0.25) is 29.5 Å². The van der Waals surface area contributed by atoms with Gasteiger partial charge >= 0.3 is 0 Å². The van der Waals surface area contributed by atoms with Crippen LogP contribution in [0.15, 0.2) is 109 Å². The van der Waals surface area contributed by atoms with Crippen LogP contribution < -0.4 is 14.9 Å². The van der Waals surface area contributed by atoms with Crippen molar-refractivity contribution in [2.45, 2.75) is 31.6 Å². The largest absolute Gasteiger partial charge is 0.508 e. The van der Waals surface area contributed by atoms with E-state index in [1.165, 1.54) is 19.1 Å². The second-order valence-corrected chi connectivity index (χ2v) is 15.0. The summed E-state index contributed by atoms with van der Waals surface area (Å²) >= 11 is 0. The van der Waals surface area contributed by atoms with Gasteiger partial charge in [-0.05, 0) is 85.2 Å². The van der Waals surface area contributed by atoms with Gasteiger partial charge in [0, 0.05) is 12.5 Å². The number of anilines is 1. The number of imide groups is 2. The van der Waals surface area contributed by atoms with E-state index in [1.807, 2.05) is 79.7 Å². The van der Waals surface area contributed by atoms with Crippen LogP contribution in [-0.4, -0.2) is 64.5 Å². The molecule has 3 N–H and O–H groups in total. The van der Waals surface area contributed by atoms with Crippen LogP contribution in [0, 0.1) is 36.5 Å². The molecular formula is C45H43N3O8. The molecule has 0 radical (unpaired) electrons. The molecule has 8 rings (SSSR count). The van der Waals surface area contributed by atoms with Crippen molar-refractivity contribution in [1.29, 1.82) is 0 Å². The minimum atomic E-state index is -1.41. The number of methoxy groups -OCH3 is 2. The van der Waals surface area contributed by atoms with Gasteiger partial charge in [0.05, 0.1) is 43.1 Å². The Morgan fingerprint density at radius 3 is 2.18 bits per heavy atom. The Labute approximate surface area is 324 Å². The van der Waals surface area contributed by atoms with Crippen LogP contribution in [0.1, 0.15) is 35.1 Å². The Hall–Kier alpha value is -6.36. The van der Waals surface area contributed by atoms with E-state index in [1.54, 1.807) is 36.4 Å². The zero-order valence-electron chi connectivity index (χ0n) is 31.3. The van der Waals surface area contributed by atoms with Gasteiger partial charge in [0.15, 0.2) is 11.5 Å².